The van der Waals surface area contributed by atoms with Gasteiger partial charge in [-0.2, -0.15) is 0 Å². The predicted octanol–water partition coefficient (Wildman–Crippen LogP) is 2.47. The number of fused-ring (bicyclic) bond motifs is 1. The Hall–Kier alpha value is -3.03. The monoisotopic (exact) mass is 393 g/mol. The van der Waals surface area contributed by atoms with Gasteiger partial charge in [-0.3, -0.25) is 25.5 Å². The van der Waals surface area contributed by atoms with Gasteiger partial charge in [0, 0.05) is 29.8 Å². The normalized spacial score (nSPS) is 11.8. The van der Waals surface area contributed by atoms with Crippen molar-refractivity contribution in [3.8, 4) is 0 Å². The van der Waals surface area contributed by atoms with E-state index in [0.717, 1.165) is 17.2 Å². The number of rotatable bonds is 5. The van der Waals surface area contributed by atoms with Crippen LogP contribution >= 0.6 is 12.2 Å². The van der Waals surface area contributed by atoms with Crippen molar-refractivity contribution >= 4 is 34.0 Å². The lowest BCUT2D eigenvalue weighted by Crippen LogP contribution is -2.53. The molecular formula is C21H23N5OS. The first-order valence-electron chi connectivity index (χ1n) is 8.94. The zero-order valence-corrected chi connectivity index (χ0v) is 16.7. The van der Waals surface area contributed by atoms with Gasteiger partial charge in [-0.25, -0.2) is 0 Å². The molecule has 1 heterocycles. The van der Waals surface area contributed by atoms with Gasteiger partial charge < -0.3 is 5.32 Å². The lowest BCUT2D eigenvalue weighted by molar-refractivity contribution is 0.0943. The second-order valence-electron chi connectivity index (χ2n) is 6.66. The Morgan fingerprint density at radius 2 is 1.86 bits per heavy atom. The van der Waals surface area contributed by atoms with E-state index in [1.54, 1.807) is 18.5 Å². The van der Waals surface area contributed by atoms with Gasteiger partial charge in [0.25, 0.3) is 5.91 Å². The highest BCUT2D eigenvalue weighted by Gasteiger charge is 2.14. The summed E-state index contributed by atoms with van der Waals surface area (Å²) in [5.74, 6) is -0.257. The molecule has 0 aliphatic rings. The molecule has 144 valence electrons. The van der Waals surface area contributed by atoms with Gasteiger partial charge in [-0.1, -0.05) is 36.4 Å². The summed E-state index contributed by atoms with van der Waals surface area (Å²) >= 11 is 5.34. The van der Waals surface area contributed by atoms with Crippen molar-refractivity contribution in [2.75, 3.05) is 14.1 Å². The lowest BCUT2D eigenvalue weighted by Gasteiger charge is -2.27. The number of aromatic nitrogens is 1. The van der Waals surface area contributed by atoms with Crippen LogP contribution in [0.15, 0.2) is 67.0 Å². The molecule has 0 spiro atoms. The number of thiocarbonyl (C=S) groups is 1. The van der Waals surface area contributed by atoms with E-state index in [1.165, 1.54) is 5.56 Å². The highest BCUT2D eigenvalue weighted by Crippen LogP contribution is 2.14. The van der Waals surface area contributed by atoms with Crippen LogP contribution in [0.25, 0.3) is 10.8 Å². The molecule has 7 heteroatoms. The molecule has 2 aromatic carbocycles. The number of nitrogens with one attached hydrogen (secondary N) is 3. The zero-order valence-electron chi connectivity index (χ0n) is 15.8. The molecule has 0 bridgehead atoms. The average molecular weight is 394 g/mol. The van der Waals surface area contributed by atoms with Crippen molar-refractivity contribution in [1.82, 2.24) is 26.1 Å². The first kappa shape index (κ1) is 19.7. The molecule has 1 aromatic heterocycles. The molecule has 0 aliphatic heterocycles. The number of benzene rings is 2. The Kier molecular flexibility index (Phi) is 6.52. The molecule has 3 rings (SSSR count). The number of hydrazine groups is 1. The molecular weight excluding hydrogens is 370 g/mol. The van der Waals surface area contributed by atoms with Crippen molar-refractivity contribution in [2.24, 2.45) is 0 Å². The largest absolute Gasteiger partial charge is 0.345 e. The SMILES string of the molecule is CN(C)C(Cc1ccccc1)NC(=S)NNC(=O)c1ccc2cnccc2c1. The fourth-order valence-corrected chi connectivity index (χ4v) is 2.98. The second-order valence-corrected chi connectivity index (χ2v) is 7.07. The van der Waals surface area contributed by atoms with Crippen LogP contribution in [0, 0.1) is 0 Å². The summed E-state index contributed by atoms with van der Waals surface area (Å²) in [5.41, 5.74) is 7.17. The third-order valence-corrected chi connectivity index (χ3v) is 4.61. The minimum absolute atomic E-state index is 0.00697. The fraction of sp³-hybridized carbons (Fsp3) is 0.190. The van der Waals surface area contributed by atoms with E-state index in [2.05, 4.69) is 33.3 Å². The highest BCUT2D eigenvalue weighted by molar-refractivity contribution is 7.80. The number of carbonyl (C=O) groups is 1. The molecule has 1 amide bonds. The molecule has 3 N–H and O–H groups in total. The lowest BCUT2D eigenvalue weighted by atomic mass is 10.1. The Balaban J connectivity index is 1.56. The van der Waals surface area contributed by atoms with E-state index in [0.29, 0.717) is 10.7 Å². The van der Waals surface area contributed by atoms with Gasteiger partial charge in [0.2, 0.25) is 0 Å². The molecule has 1 unspecified atom stereocenters. The molecule has 28 heavy (non-hydrogen) atoms. The van der Waals surface area contributed by atoms with E-state index in [9.17, 15) is 4.79 Å². The third-order valence-electron chi connectivity index (χ3n) is 4.39. The number of hydrogen-bond donors (Lipinski definition) is 3. The number of carbonyl (C=O) groups excluding carboxylic acids is 1. The maximum absolute atomic E-state index is 12.4. The van der Waals surface area contributed by atoms with Gasteiger partial charge in [0.15, 0.2) is 5.11 Å². The summed E-state index contributed by atoms with van der Waals surface area (Å²) in [6.45, 7) is 0. The Bertz CT molecular complexity index is 961. The van der Waals surface area contributed by atoms with Crippen LogP contribution in [0.2, 0.25) is 0 Å². The van der Waals surface area contributed by atoms with Gasteiger partial charge in [0.05, 0.1) is 6.17 Å². The van der Waals surface area contributed by atoms with Crippen LogP contribution in [-0.4, -0.2) is 41.2 Å². The first-order valence-corrected chi connectivity index (χ1v) is 9.35. The predicted molar refractivity (Wildman–Crippen MR) is 116 cm³/mol. The van der Waals surface area contributed by atoms with Crippen molar-refractivity contribution in [2.45, 2.75) is 12.6 Å². The van der Waals surface area contributed by atoms with Crippen LogP contribution in [0.3, 0.4) is 0 Å². The molecule has 0 aliphatic carbocycles. The van der Waals surface area contributed by atoms with Gasteiger partial charge in [-0.15, -0.1) is 0 Å². The van der Waals surface area contributed by atoms with E-state index in [-0.39, 0.29) is 12.1 Å². The van der Waals surface area contributed by atoms with Crippen LogP contribution in [-0.2, 0) is 6.42 Å². The zero-order chi connectivity index (χ0) is 19.9. The average Bonchev–Trinajstić information content (AvgIpc) is 2.72. The fourth-order valence-electron chi connectivity index (χ4n) is 2.80. The maximum Gasteiger partial charge on any atom is 0.269 e. The minimum atomic E-state index is -0.257. The molecule has 0 fully saturated rings. The minimum Gasteiger partial charge on any atom is -0.345 e. The van der Waals surface area contributed by atoms with E-state index >= 15 is 0 Å². The molecule has 1 atom stereocenters. The summed E-state index contributed by atoms with van der Waals surface area (Å²) in [7, 11) is 3.96. The topological polar surface area (TPSA) is 69.3 Å². The smallest absolute Gasteiger partial charge is 0.269 e. The van der Waals surface area contributed by atoms with Crippen LogP contribution in [0.5, 0.6) is 0 Å². The van der Waals surface area contributed by atoms with E-state index < -0.39 is 0 Å². The number of likely N-dealkylation sites (N-methyl/N-ethyl adjacent to an activating group) is 1. The van der Waals surface area contributed by atoms with Gasteiger partial charge >= 0.3 is 0 Å². The number of amides is 1. The Morgan fingerprint density at radius 3 is 2.61 bits per heavy atom. The summed E-state index contributed by atoms with van der Waals surface area (Å²) in [6.07, 6.45) is 4.24. The molecule has 0 radical (unpaired) electrons. The van der Waals surface area contributed by atoms with Gasteiger partial charge in [0.1, 0.15) is 0 Å². The molecule has 0 saturated heterocycles. The highest BCUT2D eigenvalue weighted by atomic mass is 32.1. The summed E-state index contributed by atoms with van der Waals surface area (Å²) in [5, 5.41) is 5.52. The van der Waals surface area contributed by atoms with Crippen LogP contribution in [0.1, 0.15) is 15.9 Å². The van der Waals surface area contributed by atoms with Crippen LogP contribution < -0.4 is 16.2 Å². The number of nitrogens with zero attached hydrogens (tertiary/aromatic N) is 2. The number of hydrogen-bond acceptors (Lipinski definition) is 4. The summed E-state index contributed by atoms with van der Waals surface area (Å²) < 4.78 is 0. The first-order chi connectivity index (χ1) is 13.5. The van der Waals surface area contributed by atoms with E-state index in [4.69, 9.17) is 12.2 Å². The van der Waals surface area contributed by atoms with Crippen molar-refractivity contribution in [3.05, 3.63) is 78.1 Å². The van der Waals surface area contributed by atoms with Crippen molar-refractivity contribution in [3.63, 3.8) is 0 Å². The second kappa shape index (κ2) is 9.25. The standard InChI is InChI=1S/C21H23N5OS/c1-26(2)19(12-15-6-4-3-5-7-15)23-21(28)25-24-20(27)17-8-9-18-14-22-11-10-16(18)13-17/h3-11,13-14,19H,12H2,1-2H3,(H,24,27)(H2,23,25,28). The summed E-state index contributed by atoms with van der Waals surface area (Å²) in [6, 6.07) is 17.5. The quantitative estimate of drug-likeness (QED) is 0.352. The Morgan fingerprint density at radius 1 is 1.07 bits per heavy atom. The van der Waals surface area contributed by atoms with Crippen molar-refractivity contribution in [1.29, 1.82) is 0 Å². The third kappa shape index (κ3) is 5.25. The molecule has 6 nitrogen and oxygen atoms in total. The number of pyridine rings is 1. The Labute approximate surface area is 169 Å². The molecule has 3 aromatic rings. The van der Waals surface area contributed by atoms with Gasteiger partial charge in [-0.05, 0) is 55.5 Å². The molecule has 0 saturated carbocycles. The maximum atomic E-state index is 12.4. The summed E-state index contributed by atoms with van der Waals surface area (Å²) in [4.78, 5) is 18.5. The van der Waals surface area contributed by atoms with Crippen LogP contribution in [0.4, 0.5) is 0 Å². The van der Waals surface area contributed by atoms with Crippen molar-refractivity contribution < 1.29 is 4.79 Å². The van der Waals surface area contributed by atoms with E-state index in [1.807, 2.05) is 55.4 Å².